The van der Waals surface area contributed by atoms with Gasteiger partial charge < -0.3 is 5.32 Å². The van der Waals surface area contributed by atoms with Crippen molar-refractivity contribution in [1.82, 2.24) is 5.43 Å². The molecule has 0 bridgehead atoms. The van der Waals surface area contributed by atoms with Crippen molar-refractivity contribution < 1.29 is 17.6 Å². The summed E-state index contributed by atoms with van der Waals surface area (Å²) in [5.41, 5.74) is 7.50. The Kier molecular flexibility index (Phi) is 8.38. The highest BCUT2D eigenvalue weighted by Gasteiger charge is 2.38. The number of carbonyl (C=O) groups excluding carboxylic acids is 1. The monoisotopic (exact) mass is 672 g/mol. The quantitative estimate of drug-likeness (QED) is 0.118. The molecule has 44 heavy (non-hydrogen) atoms. The summed E-state index contributed by atoms with van der Waals surface area (Å²) in [7, 11) is -4.03. The Morgan fingerprint density at radius 2 is 1.80 bits per heavy atom. The number of halogens is 2. The molecule has 4 aromatic carbocycles. The van der Waals surface area contributed by atoms with Gasteiger partial charge in [0, 0.05) is 16.1 Å². The van der Waals surface area contributed by atoms with Gasteiger partial charge in [0.25, 0.3) is 15.9 Å². The lowest BCUT2D eigenvalue weighted by molar-refractivity contribution is -0.119. The van der Waals surface area contributed by atoms with Crippen LogP contribution in [0, 0.1) is 11.7 Å². The van der Waals surface area contributed by atoms with Crippen LogP contribution >= 0.6 is 15.9 Å². The second-order valence-electron chi connectivity index (χ2n) is 10.9. The molecule has 1 aliphatic heterocycles. The van der Waals surface area contributed by atoms with E-state index in [-0.39, 0.29) is 28.6 Å². The number of anilines is 2. The van der Waals surface area contributed by atoms with Crippen molar-refractivity contribution in [1.29, 1.82) is 0 Å². The van der Waals surface area contributed by atoms with Crippen molar-refractivity contribution in [3.63, 3.8) is 0 Å². The first-order chi connectivity index (χ1) is 21.2. The molecule has 224 valence electrons. The molecule has 0 unspecified atom stereocenters. The number of hydrogen-bond donors (Lipinski definition) is 2. The number of nitrogens with one attached hydrogen (secondary N) is 2. The van der Waals surface area contributed by atoms with E-state index in [0.717, 1.165) is 33.1 Å². The highest BCUT2D eigenvalue weighted by Crippen LogP contribution is 2.50. The fourth-order valence-electron chi connectivity index (χ4n) is 5.86. The van der Waals surface area contributed by atoms with Crippen molar-refractivity contribution in [2.24, 2.45) is 11.0 Å². The smallest absolute Gasteiger partial charge is 0.264 e. The summed E-state index contributed by atoms with van der Waals surface area (Å²) < 4.78 is 42.4. The van der Waals surface area contributed by atoms with Gasteiger partial charge in [-0.1, -0.05) is 70.5 Å². The van der Waals surface area contributed by atoms with Crippen molar-refractivity contribution in [2.45, 2.75) is 30.2 Å². The molecule has 10 heteroatoms. The summed E-state index contributed by atoms with van der Waals surface area (Å²) in [6, 6.07) is 27.5. The first kappa shape index (κ1) is 29.8. The van der Waals surface area contributed by atoms with Crippen LogP contribution in [0.3, 0.4) is 0 Å². The maximum atomic E-state index is 13.6. The minimum atomic E-state index is -4.03. The van der Waals surface area contributed by atoms with Gasteiger partial charge in [-0.05, 0) is 90.6 Å². The standard InChI is InChI=1S/C34H30BrFN4O3S/c1-22(24-15-18-32-31(19-24)29-11-6-12-30(29)34(37-32)23-13-16-26(36)17-14-23)38-39-33(41)21-40(27-8-5-7-25(35)20-27)44(42,43)28-9-3-2-4-10-28/h2-11,13-20,29-30,34,37H,12,21H2,1H3,(H,39,41)/b38-22-/t29-,30+,34+/m1/s1. The third kappa shape index (κ3) is 6.05. The van der Waals surface area contributed by atoms with E-state index in [1.807, 2.05) is 24.3 Å². The van der Waals surface area contributed by atoms with Gasteiger partial charge in [0.15, 0.2) is 0 Å². The summed E-state index contributed by atoms with van der Waals surface area (Å²) in [6.07, 6.45) is 5.33. The first-order valence-corrected chi connectivity index (χ1v) is 16.4. The van der Waals surface area contributed by atoms with Gasteiger partial charge in [-0.2, -0.15) is 5.10 Å². The van der Waals surface area contributed by atoms with Crippen LogP contribution in [0.2, 0.25) is 0 Å². The van der Waals surface area contributed by atoms with E-state index in [1.54, 1.807) is 49.4 Å². The van der Waals surface area contributed by atoms with Crippen LogP contribution in [0.1, 0.15) is 42.0 Å². The molecule has 1 heterocycles. The van der Waals surface area contributed by atoms with Gasteiger partial charge in [-0.15, -0.1) is 0 Å². The highest BCUT2D eigenvalue weighted by atomic mass is 79.9. The zero-order valence-electron chi connectivity index (χ0n) is 23.8. The summed E-state index contributed by atoms with van der Waals surface area (Å²) in [6.45, 7) is 1.34. The van der Waals surface area contributed by atoms with Crippen molar-refractivity contribution >= 4 is 48.9 Å². The molecule has 3 atom stereocenters. The van der Waals surface area contributed by atoms with E-state index in [1.165, 1.54) is 24.3 Å². The minimum absolute atomic E-state index is 0.0587. The Morgan fingerprint density at radius 1 is 1.02 bits per heavy atom. The Bertz CT molecular complexity index is 1860. The molecule has 6 rings (SSSR count). The van der Waals surface area contributed by atoms with Gasteiger partial charge in [-0.25, -0.2) is 18.2 Å². The molecule has 2 N–H and O–H groups in total. The predicted octanol–water partition coefficient (Wildman–Crippen LogP) is 7.15. The molecular formula is C34H30BrFN4O3S. The van der Waals surface area contributed by atoms with Crippen LogP contribution < -0.4 is 15.0 Å². The maximum absolute atomic E-state index is 13.6. The number of sulfonamides is 1. The topological polar surface area (TPSA) is 90.9 Å². The second-order valence-corrected chi connectivity index (χ2v) is 13.6. The van der Waals surface area contributed by atoms with Crippen molar-refractivity contribution in [3.05, 3.63) is 136 Å². The molecule has 0 aromatic heterocycles. The minimum Gasteiger partial charge on any atom is -0.378 e. The molecule has 0 spiro atoms. The normalized spacial score (nSPS) is 19.1. The number of benzene rings is 4. The average Bonchev–Trinajstić information content (AvgIpc) is 3.53. The molecule has 2 aliphatic rings. The van der Waals surface area contributed by atoms with Gasteiger partial charge in [0.05, 0.1) is 22.3 Å². The summed E-state index contributed by atoms with van der Waals surface area (Å²) in [5, 5.41) is 7.98. The van der Waals surface area contributed by atoms with Crippen molar-refractivity contribution in [2.75, 3.05) is 16.2 Å². The first-order valence-electron chi connectivity index (χ1n) is 14.2. The fraction of sp³-hybridized carbons (Fsp3) is 0.176. The number of nitrogens with zero attached hydrogens (tertiary/aromatic N) is 2. The van der Waals surface area contributed by atoms with Crippen LogP contribution in [0.4, 0.5) is 15.8 Å². The van der Waals surface area contributed by atoms with Crippen LogP contribution in [-0.2, 0) is 14.8 Å². The number of amides is 1. The molecule has 7 nitrogen and oxygen atoms in total. The van der Waals surface area contributed by atoms with E-state index in [4.69, 9.17) is 0 Å². The SMILES string of the molecule is C/C(=N/NC(=O)CN(c1cccc(Br)c1)S(=O)(=O)c1ccccc1)c1ccc2c(c1)[C@@H]1C=CC[C@@H]1[C@H](c1ccc(F)cc1)N2. The molecule has 1 aliphatic carbocycles. The number of hydrazone groups is 1. The summed E-state index contributed by atoms with van der Waals surface area (Å²) in [5.74, 6) is -0.359. The number of rotatable bonds is 8. The van der Waals surface area contributed by atoms with Crippen LogP contribution in [0.25, 0.3) is 0 Å². The predicted molar refractivity (Wildman–Crippen MR) is 175 cm³/mol. The third-order valence-corrected chi connectivity index (χ3v) is 10.4. The molecular weight excluding hydrogens is 643 g/mol. The van der Waals surface area contributed by atoms with Gasteiger partial charge in [0.2, 0.25) is 0 Å². The number of hydrogen-bond acceptors (Lipinski definition) is 5. The second kappa shape index (κ2) is 12.4. The number of allylic oxidation sites excluding steroid dienone is 2. The molecule has 4 aromatic rings. The zero-order valence-corrected chi connectivity index (χ0v) is 26.2. The van der Waals surface area contributed by atoms with Crippen LogP contribution in [-0.4, -0.2) is 26.6 Å². The lowest BCUT2D eigenvalue weighted by atomic mass is 9.76. The van der Waals surface area contributed by atoms with E-state index >= 15 is 0 Å². The molecule has 0 saturated carbocycles. The lowest BCUT2D eigenvalue weighted by Gasteiger charge is -2.37. The highest BCUT2D eigenvalue weighted by molar-refractivity contribution is 9.10. The van der Waals surface area contributed by atoms with Crippen LogP contribution in [0.15, 0.2) is 124 Å². The maximum Gasteiger partial charge on any atom is 0.264 e. The Labute approximate surface area is 264 Å². The lowest BCUT2D eigenvalue weighted by Crippen LogP contribution is -2.39. The van der Waals surface area contributed by atoms with Crippen molar-refractivity contribution in [3.8, 4) is 0 Å². The van der Waals surface area contributed by atoms with E-state index in [2.05, 4.69) is 50.0 Å². The van der Waals surface area contributed by atoms with Gasteiger partial charge >= 0.3 is 0 Å². The third-order valence-electron chi connectivity index (χ3n) is 8.07. The van der Waals surface area contributed by atoms with Gasteiger partial charge in [-0.3, -0.25) is 9.10 Å². The van der Waals surface area contributed by atoms with E-state index < -0.39 is 22.5 Å². The van der Waals surface area contributed by atoms with Gasteiger partial charge in [0.1, 0.15) is 12.4 Å². The molecule has 0 radical (unpaired) electrons. The molecule has 0 saturated heterocycles. The Balaban J connectivity index is 1.21. The van der Waals surface area contributed by atoms with Crippen LogP contribution in [0.5, 0.6) is 0 Å². The molecule has 1 amide bonds. The Hall–Kier alpha value is -4.28. The summed E-state index contributed by atoms with van der Waals surface area (Å²) >= 11 is 3.39. The number of carbonyl (C=O) groups is 1. The summed E-state index contributed by atoms with van der Waals surface area (Å²) in [4.78, 5) is 13.2. The Morgan fingerprint density at radius 3 is 2.55 bits per heavy atom. The number of fused-ring (bicyclic) bond motifs is 3. The average molecular weight is 674 g/mol. The zero-order chi connectivity index (χ0) is 30.8. The fourth-order valence-corrected chi connectivity index (χ4v) is 7.68. The van der Waals surface area contributed by atoms with E-state index in [9.17, 15) is 17.6 Å². The largest absolute Gasteiger partial charge is 0.378 e. The molecule has 0 fully saturated rings. The van der Waals surface area contributed by atoms with E-state index in [0.29, 0.717) is 15.9 Å².